The second kappa shape index (κ2) is 7.10. The minimum atomic E-state index is 0.691. The van der Waals surface area contributed by atoms with E-state index in [9.17, 15) is 0 Å². The molecular weight excluding hydrogens is 335 g/mol. The van der Waals surface area contributed by atoms with Crippen LogP contribution in [0.2, 0.25) is 10.0 Å². The molecule has 0 saturated heterocycles. The molecule has 2 heteroatoms. The van der Waals surface area contributed by atoms with E-state index in [-0.39, 0.29) is 0 Å². The molecule has 2 aromatic carbocycles. The van der Waals surface area contributed by atoms with Crippen LogP contribution in [-0.2, 0) is 0 Å². The van der Waals surface area contributed by atoms with Crippen molar-refractivity contribution in [1.29, 1.82) is 0 Å². The van der Waals surface area contributed by atoms with Crippen molar-refractivity contribution in [3.8, 4) is 11.1 Å². The van der Waals surface area contributed by atoms with Crippen LogP contribution in [0.1, 0.15) is 74.3 Å². The smallest absolute Gasteiger partial charge is 0.0487 e. The number of hydrogen-bond acceptors (Lipinski definition) is 0. The molecule has 126 valence electrons. The van der Waals surface area contributed by atoms with Crippen LogP contribution in [0.25, 0.3) is 11.1 Å². The van der Waals surface area contributed by atoms with E-state index in [1.165, 1.54) is 62.5 Å². The number of rotatable bonds is 3. The van der Waals surface area contributed by atoms with Gasteiger partial charge in [0, 0.05) is 21.2 Å². The summed E-state index contributed by atoms with van der Waals surface area (Å²) in [5.74, 6) is 1.38. The predicted octanol–water partition coefficient (Wildman–Crippen LogP) is 7.98. The Hall–Kier alpha value is -0.980. The highest BCUT2D eigenvalue weighted by molar-refractivity contribution is 6.36. The molecule has 2 aliphatic carbocycles. The first-order valence-corrected chi connectivity index (χ1v) is 10.1. The van der Waals surface area contributed by atoms with Gasteiger partial charge in [0.1, 0.15) is 0 Å². The topological polar surface area (TPSA) is 0 Å². The van der Waals surface area contributed by atoms with Crippen molar-refractivity contribution in [1.82, 2.24) is 0 Å². The Morgan fingerprint density at radius 3 is 1.29 bits per heavy atom. The molecule has 0 aliphatic heterocycles. The fraction of sp³-hybridized carbons (Fsp3) is 0.455. The third-order valence-electron chi connectivity index (χ3n) is 5.93. The molecule has 2 aromatic rings. The van der Waals surface area contributed by atoms with E-state index in [0.717, 1.165) is 21.2 Å². The van der Waals surface area contributed by atoms with Crippen LogP contribution in [0.15, 0.2) is 36.4 Å². The normalized spacial score (nSPS) is 19.2. The van der Waals surface area contributed by atoms with Crippen molar-refractivity contribution < 1.29 is 0 Å². The molecule has 0 heterocycles. The molecule has 24 heavy (non-hydrogen) atoms. The summed E-state index contributed by atoms with van der Waals surface area (Å²) >= 11 is 13.2. The average molecular weight is 359 g/mol. The van der Waals surface area contributed by atoms with Crippen LogP contribution in [0.5, 0.6) is 0 Å². The molecule has 0 N–H and O–H groups in total. The van der Waals surface area contributed by atoms with Crippen LogP contribution in [-0.4, -0.2) is 0 Å². The van der Waals surface area contributed by atoms with Gasteiger partial charge in [0.25, 0.3) is 0 Å². The molecular formula is C22H24Cl2. The van der Waals surface area contributed by atoms with Gasteiger partial charge in [0.15, 0.2) is 0 Å². The van der Waals surface area contributed by atoms with Crippen LogP contribution in [0, 0.1) is 0 Å². The quantitative estimate of drug-likeness (QED) is 0.521. The van der Waals surface area contributed by atoms with Gasteiger partial charge < -0.3 is 0 Å². The van der Waals surface area contributed by atoms with Gasteiger partial charge in [0.05, 0.1) is 0 Å². The van der Waals surface area contributed by atoms with Gasteiger partial charge in [-0.15, -0.1) is 0 Å². The fourth-order valence-corrected chi connectivity index (χ4v) is 5.11. The lowest BCUT2D eigenvalue weighted by Gasteiger charge is -2.15. The van der Waals surface area contributed by atoms with E-state index in [4.69, 9.17) is 23.2 Å². The molecule has 4 rings (SSSR count). The zero-order valence-corrected chi connectivity index (χ0v) is 15.5. The van der Waals surface area contributed by atoms with Gasteiger partial charge in [-0.25, -0.2) is 0 Å². The summed E-state index contributed by atoms with van der Waals surface area (Å²) in [5.41, 5.74) is 4.89. The van der Waals surface area contributed by atoms with Crippen molar-refractivity contribution in [3.05, 3.63) is 57.6 Å². The van der Waals surface area contributed by atoms with Crippen molar-refractivity contribution in [2.24, 2.45) is 0 Å². The minimum absolute atomic E-state index is 0.691. The maximum Gasteiger partial charge on any atom is 0.0487 e. The van der Waals surface area contributed by atoms with Gasteiger partial charge in [-0.1, -0.05) is 73.2 Å². The molecule has 0 atom stereocenters. The maximum atomic E-state index is 6.62. The molecule has 0 unspecified atom stereocenters. The third-order valence-corrected chi connectivity index (χ3v) is 6.56. The van der Waals surface area contributed by atoms with Gasteiger partial charge in [-0.05, 0) is 60.8 Å². The summed E-state index contributed by atoms with van der Waals surface area (Å²) in [6, 6.07) is 13.1. The molecule has 0 bridgehead atoms. The Kier molecular flexibility index (Phi) is 4.88. The van der Waals surface area contributed by atoms with Gasteiger partial charge in [-0.3, -0.25) is 0 Å². The van der Waals surface area contributed by atoms with E-state index in [0.29, 0.717) is 11.8 Å². The lowest BCUT2D eigenvalue weighted by molar-refractivity contribution is 0.723. The standard InChI is InChI=1S/C22H24Cl2/c23-21-13-17(15-5-1-2-6-15)9-11-19(21)20-12-10-18(14-22(20)24)16-7-3-4-8-16/h9-16H,1-8H2. The highest BCUT2D eigenvalue weighted by Crippen LogP contribution is 2.41. The lowest BCUT2D eigenvalue weighted by atomic mass is 9.93. The van der Waals surface area contributed by atoms with E-state index < -0.39 is 0 Å². The monoisotopic (exact) mass is 358 g/mol. The lowest BCUT2D eigenvalue weighted by Crippen LogP contribution is -1.94. The van der Waals surface area contributed by atoms with Crippen LogP contribution in [0.4, 0.5) is 0 Å². The Morgan fingerprint density at radius 1 is 0.583 bits per heavy atom. The molecule has 2 aliphatic rings. The molecule has 0 aromatic heterocycles. The maximum absolute atomic E-state index is 6.62. The van der Waals surface area contributed by atoms with Crippen molar-refractivity contribution >= 4 is 23.2 Å². The number of benzene rings is 2. The fourth-order valence-electron chi connectivity index (χ4n) is 4.53. The molecule has 0 amide bonds. The summed E-state index contributed by atoms with van der Waals surface area (Å²) in [4.78, 5) is 0. The Balaban J connectivity index is 1.63. The predicted molar refractivity (Wildman–Crippen MR) is 104 cm³/mol. The number of hydrogen-bond donors (Lipinski definition) is 0. The SMILES string of the molecule is Clc1cc(C2CCCC2)ccc1-c1ccc(C2CCCC2)cc1Cl. The van der Waals surface area contributed by atoms with Crippen LogP contribution >= 0.6 is 23.2 Å². The van der Waals surface area contributed by atoms with E-state index in [1.54, 1.807) is 0 Å². The zero-order valence-electron chi connectivity index (χ0n) is 14.0. The van der Waals surface area contributed by atoms with E-state index in [2.05, 4.69) is 36.4 Å². The van der Waals surface area contributed by atoms with E-state index in [1.807, 2.05) is 0 Å². The Bertz CT molecular complexity index is 659. The van der Waals surface area contributed by atoms with Gasteiger partial charge >= 0.3 is 0 Å². The second-order valence-corrected chi connectivity index (χ2v) is 8.26. The van der Waals surface area contributed by atoms with Crippen LogP contribution in [0.3, 0.4) is 0 Å². The first-order valence-electron chi connectivity index (χ1n) is 9.31. The second-order valence-electron chi connectivity index (χ2n) is 7.44. The Morgan fingerprint density at radius 2 is 0.958 bits per heavy atom. The first kappa shape index (κ1) is 16.5. The van der Waals surface area contributed by atoms with Crippen LogP contribution < -0.4 is 0 Å². The largest absolute Gasteiger partial charge is 0.0837 e. The molecule has 0 spiro atoms. The van der Waals surface area contributed by atoms with Crippen molar-refractivity contribution in [3.63, 3.8) is 0 Å². The summed E-state index contributed by atoms with van der Waals surface area (Å²) in [6.45, 7) is 0. The van der Waals surface area contributed by atoms with E-state index >= 15 is 0 Å². The first-order chi connectivity index (χ1) is 11.7. The number of halogens is 2. The third kappa shape index (κ3) is 3.24. The molecule has 0 nitrogen and oxygen atoms in total. The summed E-state index contributed by atoms with van der Waals surface area (Å²) in [5, 5.41) is 1.66. The molecule has 0 radical (unpaired) electrons. The van der Waals surface area contributed by atoms with Crippen molar-refractivity contribution in [2.75, 3.05) is 0 Å². The minimum Gasteiger partial charge on any atom is -0.0837 e. The summed E-state index contributed by atoms with van der Waals surface area (Å²) in [7, 11) is 0. The zero-order chi connectivity index (χ0) is 16.5. The molecule has 2 fully saturated rings. The van der Waals surface area contributed by atoms with Gasteiger partial charge in [-0.2, -0.15) is 0 Å². The average Bonchev–Trinajstić information content (AvgIpc) is 3.29. The summed E-state index contributed by atoms with van der Waals surface area (Å²) < 4.78 is 0. The van der Waals surface area contributed by atoms with Crippen molar-refractivity contribution in [2.45, 2.75) is 63.2 Å². The Labute approximate surface area is 155 Å². The van der Waals surface area contributed by atoms with Gasteiger partial charge in [0.2, 0.25) is 0 Å². The highest BCUT2D eigenvalue weighted by Gasteiger charge is 2.20. The highest BCUT2D eigenvalue weighted by atomic mass is 35.5. The summed E-state index contributed by atoms with van der Waals surface area (Å²) in [6.07, 6.45) is 10.6. The molecule has 2 saturated carbocycles.